The molecule has 0 fully saturated rings. The molecule has 22 heavy (non-hydrogen) atoms. The summed E-state index contributed by atoms with van der Waals surface area (Å²) in [7, 11) is 0. The van der Waals surface area contributed by atoms with E-state index < -0.39 is 5.09 Å². The van der Waals surface area contributed by atoms with Gasteiger partial charge in [0.1, 0.15) is 0 Å². The normalized spacial score (nSPS) is 10.9. The van der Waals surface area contributed by atoms with Crippen LogP contribution in [0, 0.1) is 10.1 Å². The highest BCUT2D eigenvalue weighted by Crippen LogP contribution is 2.24. The van der Waals surface area contributed by atoms with E-state index in [-0.39, 0.29) is 0 Å². The molecule has 7 heteroatoms. The third-order valence-corrected chi connectivity index (χ3v) is 3.13. The zero-order valence-corrected chi connectivity index (χ0v) is 12.1. The molecule has 0 aliphatic rings. The number of hydrogen-bond acceptors (Lipinski definition) is 3. The Bertz CT molecular complexity index is 797. The van der Waals surface area contributed by atoms with Crippen LogP contribution in [0.2, 0.25) is 0 Å². The van der Waals surface area contributed by atoms with Gasteiger partial charge in [-0.05, 0) is 22.4 Å². The fourth-order valence-electron chi connectivity index (χ4n) is 1.89. The number of fused-ring (bicyclic) bond motifs is 1. The van der Waals surface area contributed by atoms with Gasteiger partial charge < -0.3 is 9.77 Å². The number of rotatable bonds is 2. The van der Waals surface area contributed by atoms with Gasteiger partial charge in [0.25, 0.3) is 5.09 Å². The predicted octanol–water partition coefficient (Wildman–Crippen LogP) is 3.88. The van der Waals surface area contributed by atoms with Gasteiger partial charge in [0.2, 0.25) is 0 Å². The molecular formula is C15H12ClN3O3. The lowest BCUT2D eigenvalue weighted by molar-refractivity contribution is -0.742. The Morgan fingerprint density at radius 1 is 1.27 bits per heavy atom. The highest BCUT2D eigenvalue weighted by atomic mass is 35.5. The maximum Gasteiger partial charge on any atom is 0.291 e. The Kier molecular flexibility index (Phi) is 5.11. The van der Waals surface area contributed by atoms with Crippen LogP contribution in [0.1, 0.15) is 5.56 Å². The van der Waals surface area contributed by atoms with Gasteiger partial charge in [-0.25, -0.2) is 4.98 Å². The molecule has 2 aromatic carbocycles. The van der Waals surface area contributed by atoms with Crippen molar-refractivity contribution in [2.45, 2.75) is 0 Å². The number of hydrogen-bond donors (Lipinski definition) is 1. The highest BCUT2D eigenvalue weighted by molar-refractivity contribution is 6.50. The molecular weight excluding hydrogens is 306 g/mol. The van der Waals surface area contributed by atoms with Gasteiger partial charge in [-0.1, -0.05) is 48.0 Å². The van der Waals surface area contributed by atoms with E-state index in [2.05, 4.69) is 29.2 Å². The molecule has 0 spiro atoms. The molecule has 1 heterocycles. The molecule has 0 unspecified atom stereocenters. The molecule has 112 valence electrons. The van der Waals surface area contributed by atoms with Crippen LogP contribution in [-0.2, 0) is 0 Å². The van der Waals surface area contributed by atoms with Gasteiger partial charge in [0.15, 0.2) is 0 Å². The van der Waals surface area contributed by atoms with Crippen LogP contribution in [-0.4, -0.2) is 19.8 Å². The SMILES string of the molecule is Cl/C(=C\n1ccnc1)c1ccc2ccccc2c1.O=[N+]([O-])O. The maximum absolute atomic E-state index is 8.36. The van der Waals surface area contributed by atoms with Crippen molar-refractivity contribution in [1.82, 2.24) is 9.55 Å². The minimum Gasteiger partial charge on any atom is -0.328 e. The summed E-state index contributed by atoms with van der Waals surface area (Å²) in [6.45, 7) is 0. The molecule has 0 amide bonds. The second kappa shape index (κ2) is 7.24. The third-order valence-electron chi connectivity index (χ3n) is 2.81. The Morgan fingerprint density at radius 3 is 2.59 bits per heavy atom. The van der Waals surface area contributed by atoms with Crippen LogP contribution in [0.4, 0.5) is 0 Å². The Hall–Kier alpha value is -2.86. The molecule has 0 aliphatic heterocycles. The van der Waals surface area contributed by atoms with E-state index >= 15 is 0 Å². The smallest absolute Gasteiger partial charge is 0.291 e. The van der Waals surface area contributed by atoms with Crippen LogP contribution < -0.4 is 0 Å². The average Bonchev–Trinajstić information content (AvgIpc) is 2.99. The Balaban J connectivity index is 0.000000396. The Labute approximate surface area is 131 Å². The van der Waals surface area contributed by atoms with Crippen molar-refractivity contribution in [3.63, 3.8) is 0 Å². The molecule has 0 radical (unpaired) electrons. The lowest BCUT2D eigenvalue weighted by Crippen LogP contribution is -1.83. The monoisotopic (exact) mass is 317 g/mol. The van der Waals surface area contributed by atoms with E-state index in [9.17, 15) is 0 Å². The van der Waals surface area contributed by atoms with Gasteiger partial charge in [0, 0.05) is 18.6 Å². The molecule has 0 bridgehead atoms. The van der Waals surface area contributed by atoms with E-state index in [1.54, 1.807) is 12.5 Å². The van der Waals surface area contributed by atoms with Crippen LogP contribution in [0.5, 0.6) is 0 Å². The van der Waals surface area contributed by atoms with Crippen LogP contribution in [0.3, 0.4) is 0 Å². The summed E-state index contributed by atoms with van der Waals surface area (Å²) in [5, 5.41) is 16.7. The third kappa shape index (κ3) is 4.32. The first-order valence-electron chi connectivity index (χ1n) is 6.23. The molecule has 3 aromatic rings. The summed E-state index contributed by atoms with van der Waals surface area (Å²) in [5.74, 6) is 0. The first-order valence-corrected chi connectivity index (χ1v) is 6.61. The van der Waals surface area contributed by atoms with E-state index in [1.165, 1.54) is 10.8 Å². The van der Waals surface area contributed by atoms with E-state index in [1.807, 2.05) is 35.2 Å². The highest BCUT2D eigenvalue weighted by Gasteiger charge is 2.00. The summed E-state index contributed by atoms with van der Waals surface area (Å²) < 4.78 is 1.83. The van der Waals surface area contributed by atoms with Crippen molar-refractivity contribution in [1.29, 1.82) is 0 Å². The minimum atomic E-state index is -1.50. The van der Waals surface area contributed by atoms with Gasteiger partial charge >= 0.3 is 0 Å². The maximum atomic E-state index is 8.36. The van der Waals surface area contributed by atoms with Crippen molar-refractivity contribution in [3.8, 4) is 0 Å². The lowest BCUT2D eigenvalue weighted by atomic mass is 10.1. The van der Waals surface area contributed by atoms with Crippen molar-refractivity contribution >= 4 is 33.6 Å². The standard InChI is InChI=1S/C15H11ClN2.HNO3/c16-15(10-18-8-7-17-11-18)14-6-5-12-3-1-2-4-13(12)9-14;2-1(3)4/h1-11H;(H,2,3,4)/b15-10-;. The number of halogens is 1. The molecule has 0 saturated carbocycles. The van der Waals surface area contributed by atoms with Crippen LogP contribution >= 0.6 is 11.6 Å². The van der Waals surface area contributed by atoms with Crippen LogP contribution in [0.25, 0.3) is 22.0 Å². The van der Waals surface area contributed by atoms with Crippen molar-refractivity contribution in [3.05, 3.63) is 76.9 Å². The van der Waals surface area contributed by atoms with Crippen LogP contribution in [0.15, 0.2) is 61.2 Å². The summed E-state index contributed by atoms with van der Waals surface area (Å²) in [5.41, 5.74) is 1.00. The van der Waals surface area contributed by atoms with Crippen molar-refractivity contribution < 1.29 is 10.3 Å². The molecule has 3 rings (SSSR count). The van der Waals surface area contributed by atoms with Gasteiger partial charge in [-0.15, -0.1) is 10.1 Å². The predicted molar refractivity (Wildman–Crippen MR) is 85.0 cm³/mol. The fourth-order valence-corrected chi connectivity index (χ4v) is 2.12. The van der Waals surface area contributed by atoms with E-state index in [0.717, 1.165) is 5.56 Å². The second-order valence-corrected chi connectivity index (χ2v) is 4.69. The first-order chi connectivity index (χ1) is 10.6. The molecule has 1 aromatic heterocycles. The average molecular weight is 318 g/mol. The summed E-state index contributed by atoms with van der Waals surface area (Å²) in [6, 6.07) is 14.4. The van der Waals surface area contributed by atoms with Crippen molar-refractivity contribution in [2.24, 2.45) is 0 Å². The topological polar surface area (TPSA) is 81.2 Å². The second-order valence-electron chi connectivity index (χ2n) is 4.29. The molecule has 0 saturated heterocycles. The summed E-state index contributed by atoms with van der Waals surface area (Å²) in [4.78, 5) is 12.3. The Morgan fingerprint density at radius 2 is 1.95 bits per heavy atom. The number of aromatic nitrogens is 2. The van der Waals surface area contributed by atoms with Gasteiger partial charge in [-0.3, -0.25) is 0 Å². The summed E-state index contributed by atoms with van der Waals surface area (Å²) in [6.07, 6.45) is 7.13. The lowest BCUT2D eigenvalue weighted by Gasteiger charge is -2.03. The zero-order chi connectivity index (χ0) is 15.9. The number of nitrogens with zero attached hydrogens (tertiary/aromatic N) is 3. The van der Waals surface area contributed by atoms with Crippen molar-refractivity contribution in [2.75, 3.05) is 0 Å². The first kappa shape index (κ1) is 15.5. The molecule has 6 nitrogen and oxygen atoms in total. The zero-order valence-electron chi connectivity index (χ0n) is 11.3. The van der Waals surface area contributed by atoms with Gasteiger partial charge in [0.05, 0.1) is 11.4 Å². The molecule has 1 N–H and O–H groups in total. The molecule has 0 aliphatic carbocycles. The molecule has 0 atom stereocenters. The fraction of sp³-hybridized carbons (Fsp3) is 0. The number of benzene rings is 2. The quantitative estimate of drug-likeness (QED) is 0.574. The minimum absolute atomic E-state index is 0.693. The number of imidazole rings is 1. The largest absolute Gasteiger partial charge is 0.328 e. The summed E-state index contributed by atoms with van der Waals surface area (Å²) >= 11 is 6.31. The van der Waals surface area contributed by atoms with E-state index in [4.69, 9.17) is 26.9 Å². The van der Waals surface area contributed by atoms with Gasteiger partial charge in [-0.2, -0.15) is 0 Å². The van der Waals surface area contributed by atoms with E-state index in [0.29, 0.717) is 5.03 Å².